The number of para-hydroxylation sites is 2. The quantitative estimate of drug-likeness (QED) is 0.743. The normalized spacial score (nSPS) is 12.9. The highest BCUT2D eigenvalue weighted by atomic mass is 16.1. The minimum absolute atomic E-state index is 0.246. The van der Waals surface area contributed by atoms with Crippen molar-refractivity contribution in [2.75, 3.05) is 16.8 Å². The van der Waals surface area contributed by atoms with Crippen LogP contribution in [0.25, 0.3) is 0 Å². The molecule has 1 amide bonds. The van der Waals surface area contributed by atoms with Gasteiger partial charge in [0.1, 0.15) is 5.69 Å². The van der Waals surface area contributed by atoms with E-state index in [0.29, 0.717) is 11.6 Å². The summed E-state index contributed by atoms with van der Waals surface area (Å²) in [6.07, 6.45) is 4.21. The van der Waals surface area contributed by atoms with Crippen LogP contribution in [0, 0.1) is 0 Å². The zero-order chi connectivity index (χ0) is 18.8. The number of hydrogen-bond donors (Lipinski definition) is 1. The van der Waals surface area contributed by atoms with Crippen LogP contribution in [0.1, 0.15) is 41.4 Å². The van der Waals surface area contributed by atoms with Gasteiger partial charge in [0, 0.05) is 17.9 Å². The lowest BCUT2D eigenvalue weighted by Gasteiger charge is -2.18. The minimum Gasteiger partial charge on any atom is -0.325 e. The molecule has 1 aromatic heterocycles. The number of carbonyl (C=O) groups is 1. The number of anilines is 3. The topological polar surface area (TPSA) is 58.1 Å². The van der Waals surface area contributed by atoms with Gasteiger partial charge in [0.15, 0.2) is 5.82 Å². The second kappa shape index (κ2) is 7.19. The van der Waals surface area contributed by atoms with Crippen LogP contribution in [0.5, 0.6) is 0 Å². The Morgan fingerprint density at radius 1 is 1.04 bits per heavy atom. The van der Waals surface area contributed by atoms with Crippen LogP contribution in [-0.4, -0.2) is 22.4 Å². The molecule has 1 aliphatic rings. The van der Waals surface area contributed by atoms with E-state index < -0.39 is 0 Å². The third-order valence-corrected chi connectivity index (χ3v) is 4.87. The van der Waals surface area contributed by atoms with Gasteiger partial charge in [-0.15, -0.1) is 0 Å². The first-order chi connectivity index (χ1) is 13.1. The maximum atomic E-state index is 12.6. The summed E-state index contributed by atoms with van der Waals surface area (Å²) >= 11 is 0. The molecule has 0 spiro atoms. The molecule has 2 aromatic carbocycles. The van der Waals surface area contributed by atoms with Crippen LogP contribution < -0.4 is 10.2 Å². The van der Waals surface area contributed by atoms with Crippen molar-refractivity contribution in [3.63, 3.8) is 0 Å². The number of amides is 1. The van der Waals surface area contributed by atoms with Gasteiger partial charge in [-0.2, -0.15) is 0 Å². The average Bonchev–Trinajstić information content (AvgIpc) is 3.12. The molecule has 0 bridgehead atoms. The predicted molar refractivity (Wildman–Crippen MR) is 108 cm³/mol. The number of nitrogens with zero attached hydrogens (tertiary/aromatic N) is 3. The van der Waals surface area contributed by atoms with Gasteiger partial charge < -0.3 is 10.2 Å². The van der Waals surface area contributed by atoms with Gasteiger partial charge in [-0.3, -0.25) is 4.79 Å². The molecule has 0 radical (unpaired) electrons. The third-order valence-electron chi connectivity index (χ3n) is 4.87. The second-order valence-corrected chi connectivity index (χ2v) is 6.99. The maximum absolute atomic E-state index is 12.6. The van der Waals surface area contributed by atoms with Crippen LogP contribution in [0.4, 0.5) is 17.2 Å². The van der Waals surface area contributed by atoms with Crippen molar-refractivity contribution in [2.24, 2.45) is 0 Å². The van der Waals surface area contributed by atoms with Crippen LogP contribution in [0.2, 0.25) is 0 Å². The van der Waals surface area contributed by atoms with Gasteiger partial charge in [0.05, 0.1) is 12.4 Å². The van der Waals surface area contributed by atoms with E-state index in [-0.39, 0.29) is 5.91 Å². The lowest BCUT2D eigenvalue weighted by atomic mass is 10.0. The number of fused-ring (bicyclic) bond motifs is 1. The van der Waals surface area contributed by atoms with Crippen molar-refractivity contribution >= 4 is 23.1 Å². The molecule has 0 aliphatic carbocycles. The lowest BCUT2D eigenvalue weighted by molar-refractivity contribution is 0.102. The molecule has 5 nitrogen and oxygen atoms in total. The predicted octanol–water partition coefficient (Wildman–Crippen LogP) is 4.55. The van der Waals surface area contributed by atoms with E-state index in [2.05, 4.69) is 52.2 Å². The number of hydrogen-bond acceptors (Lipinski definition) is 4. The van der Waals surface area contributed by atoms with Gasteiger partial charge >= 0.3 is 0 Å². The van der Waals surface area contributed by atoms with Crippen LogP contribution in [0.15, 0.2) is 60.9 Å². The Kier molecular flexibility index (Phi) is 4.59. The average molecular weight is 358 g/mol. The fourth-order valence-electron chi connectivity index (χ4n) is 3.45. The lowest BCUT2D eigenvalue weighted by Crippen LogP contribution is -2.18. The van der Waals surface area contributed by atoms with Gasteiger partial charge in [-0.1, -0.05) is 50.2 Å². The summed E-state index contributed by atoms with van der Waals surface area (Å²) in [6.45, 7) is 5.09. The molecule has 0 fully saturated rings. The van der Waals surface area contributed by atoms with Crippen molar-refractivity contribution in [3.8, 4) is 0 Å². The smallest absolute Gasteiger partial charge is 0.275 e. The first kappa shape index (κ1) is 17.2. The first-order valence-corrected chi connectivity index (χ1v) is 9.21. The van der Waals surface area contributed by atoms with Crippen molar-refractivity contribution in [1.29, 1.82) is 0 Å². The third kappa shape index (κ3) is 3.40. The Bertz CT molecular complexity index is 966. The Balaban J connectivity index is 1.52. The van der Waals surface area contributed by atoms with Gasteiger partial charge in [0.25, 0.3) is 5.91 Å². The first-order valence-electron chi connectivity index (χ1n) is 9.21. The van der Waals surface area contributed by atoms with E-state index in [1.54, 1.807) is 12.4 Å². The Hall–Kier alpha value is -3.21. The Morgan fingerprint density at radius 3 is 2.59 bits per heavy atom. The van der Waals surface area contributed by atoms with Crippen molar-refractivity contribution < 1.29 is 4.79 Å². The molecule has 3 aromatic rings. The Labute approximate surface area is 159 Å². The summed E-state index contributed by atoms with van der Waals surface area (Å²) in [6, 6.07) is 16.1. The highest BCUT2D eigenvalue weighted by Crippen LogP contribution is 2.32. The van der Waals surface area contributed by atoms with Gasteiger partial charge in [-0.25, -0.2) is 9.97 Å². The number of aromatic nitrogens is 2. The molecule has 0 unspecified atom stereocenters. The molecule has 5 heteroatoms. The van der Waals surface area contributed by atoms with E-state index in [1.807, 2.05) is 30.3 Å². The minimum atomic E-state index is -0.246. The van der Waals surface area contributed by atoms with Crippen LogP contribution >= 0.6 is 0 Å². The molecule has 1 aliphatic heterocycles. The Morgan fingerprint density at radius 2 is 1.81 bits per heavy atom. The van der Waals surface area contributed by atoms with Crippen molar-refractivity contribution in [1.82, 2.24) is 9.97 Å². The molecule has 27 heavy (non-hydrogen) atoms. The van der Waals surface area contributed by atoms with E-state index in [0.717, 1.165) is 35.7 Å². The van der Waals surface area contributed by atoms with E-state index in [4.69, 9.17) is 0 Å². The van der Waals surface area contributed by atoms with Crippen molar-refractivity contribution in [3.05, 3.63) is 77.7 Å². The highest BCUT2D eigenvalue weighted by Gasteiger charge is 2.21. The molecule has 2 heterocycles. The van der Waals surface area contributed by atoms with E-state index >= 15 is 0 Å². The molecule has 0 atom stereocenters. The largest absolute Gasteiger partial charge is 0.325 e. The molecular weight excluding hydrogens is 336 g/mol. The number of benzene rings is 2. The summed E-state index contributed by atoms with van der Waals surface area (Å²) in [5.74, 6) is 0.841. The summed E-state index contributed by atoms with van der Waals surface area (Å²) in [5.41, 5.74) is 4.70. The summed E-state index contributed by atoms with van der Waals surface area (Å²) in [7, 11) is 0. The fraction of sp³-hybridized carbons (Fsp3) is 0.227. The van der Waals surface area contributed by atoms with Crippen LogP contribution in [0.3, 0.4) is 0 Å². The van der Waals surface area contributed by atoms with E-state index in [9.17, 15) is 4.79 Å². The monoisotopic (exact) mass is 358 g/mol. The molecular formula is C22H22N4O. The SMILES string of the molecule is CC(C)c1ccccc1NC(=O)c1cnc(N2CCc3ccccc32)cn1. The summed E-state index contributed by atoms with van der Waals surface area (Å²) < 4.78 is 0. The highest BCUT2D eigenvalue weighted by molar-refractivity contribution is 6.03. The zero-order valence-electron chi connectivity index (χ0n) is 15.5. The number of carbonyl (C=O) groups excluding carboxylic acids is 1. The standard InChI is InChI=1S/C22H22N4O/c1-15(2)17-8-4-5-9-18(17)25-22(27)19-13-24-21(14-23-19)26-12-11-16-7-3-6-10-20(16)26/h3-10,13-15H,11-12H2,1-2H3,(H,25,27). The fourth-order valence-corrected chi connectivity index (χ4v) is 3.45. The molecule has 0 saturated heterocycles. The summed E-state index contributed by atoms with van der Waals surface area (Å²) in [4.78, 5) is 23.6. The molecule has 0 saturated carbocycles. The van der Waals surface area contributed by atoms with Gasteiger partial charge in [0.2, 0.25) is 0 Å². The molecule has 136 valence electrons. The second-order valence-electron chi connectivity index (χ2n) is 6.99. The molecule has 1 N–H and O–H groups in total. The zero-order valence-corrected chi connectivity index (χ0v) is 15.5. The van der Waals surface area contributed by atoms with Crippen molar-refractivity contribution in [2.45, 2.75) is 26.2 Å². The summed E-state index contributed by atoms with van der Waals surface area (Å²) in [5, 5.41) is 2.96. The number of rotatable bonds is 4. The van der Waals surface area contributed by atoms with E-state index in [1.165, 1.54) is 5.56 Å². The van der Waals surface area contributed by atoms with Gasteiger partial charge in [-0.05, 0) is 35.6 Å². The van der Waals surface area contributed by atoms with Crippen LogP contribution in [-0.2, 0) is 6.42 Å². The molecule has 4 rings (SSSR count). The maximum Gasteiger partial charge on any atom is 0.275 e. The number of nitrogens with one attached hydrogen (secondary N) is 1.